The molecule has 1 rings (SSSR count). The highest BCUT2D eigenvalue weighted by molar-refractivity contribution is 6.03. The summed E-state index contributed by atoms with van der Waals surface area (Å²) in [6.45, 7) is 1.82. The molecule has 0 radical (unpaired) electrons. The molecular weight excluding hydrogens is 225 g/mol. The number of carbonyl (C=O) groups is 2. The largest absolute Gasteiger partial charge is 0.435 e. The molecule has 1 aromatic rings. The van der Waals surface area contributed by atoms with Crippen molar-refractivity contribution in [1.82, 2.24) is 9.78 Å². The molecule has 0 aliphatic carbocycles. The molecule has 0 saturated heterocycles. The Kier molecular flexibility index (Phi) is 3.46. The van der Waals surface area contributed by atoms with Gasteiger partial charge in [-0.15, -0.1) is 0 Å². The van der Waals surface area contributed by atoms with E-state index in [4.69, 9.17) is 0 Å². The van der Waals surface area contributed by atoms with Crippen LogP contribution in [-0.2, 0) is 17.5 Å². The highest BCUT2D eigenvalue weighted by atomic mass is 19.4. The molecule has 0 saturated carbocycles. The zero-order valence-electron chi connectivity index (χ0n) is 8.41. The average molecular weight is 234 g/mol. The number of carbonyl (C=O) groups excluding carboxylic acids is 2. The lowest BCUT2D eigenvalue weighted by Crippen LogP contribution is -2.12. The van der Waals surface area contributed by atoms with Crippen molar-refractivity contribution in [1.29, 1.82) is 0 Å². The number of hydrogen-bond donors (Lipinski definition) is 0. The molecule has 0 aromatic carbocycles. The maximum atomic E-state index is 12.5. The highest BCUT2D eigenvalue weighted by Gasteiger charge is 2.38. The molecule has 0 fully saturated rings. The first-order valence-corrected chi connectivity index (χ1v) is 4.51. The van der Waals surface area contributed by atoms with Crippen molar-refractivity contribution in [3.8, 4) is 0 Å². The number of nitrogens with zero attached hydrogens (tertiary/aromatic N) is 2. The monoisotopic (exact) mass is 234 g/mol. The van der Waals surface area contributed by atoms with Crippen LogP contribution in [0.3, 0.4) is 0 Å². The Morgan fingerprint density at radius 2 is 2.19 bits per heavy atom. The standard InChI is InChI=1S/C9H9F3N2O2/c1-2-14-5-6(7(16)3-4-15)8(13-14)9(10,11)12/h4-5H,2-3H2,1H3. The molecule has 1 aromatic heterocycles. The maximum Gasteiger partial charge on any atom is 0.435 e. The second-order valence-corrected chi connectivity index (χ2v) is 3.04. The lowest BCUT2D eigenvalue weighted by atomic mass is 10.1. The Hall–Kier alpha value is -1.66. The van der Waals surface area contributed by atoms with Gasteiger partial charge in [-0.1, -0.05) is 0 Å². The number of hydrogen-bond acceptors (Lipinski definition) is 3. The van der Waals surface area contributed by atoms with Crippen LogP contribution >= 0.6 is 0 Å². The minimum absolute atomic E-state index is 0.220. The summed E-state index contributed by atoms with van der Waals surface area (Å²) in [6.07, 6.45) is -3.98. The van der Waals surface area contributed by atoms with Gasteiger partial charge in [0.25, 0.3) is 0 Å². The Morgan fingerprint density at radius 3 is 2.62 bits per heavy atom. The fraction of sp³-hybridized carbons (Fsp3) is 0.444. The highest BCUT2D eigenvalue weighted by Crippen LogP contribution is 2.31. The molecule has 0 aliphatic heterocycles. The summed E-state index contributed by atoms with van der Waals surface area (Å²) in [5, 5.41) is 3.26. The summed E-state index contributed by atoms with van der Waals surface area (Å²) in [5.74, 6) is -0.873. The van der Waals surface area contributed by atoms with Crippen molar-refractivity contribution in [2.45, 2.75) is 26.1 Å². The van der Waals surface area contributed by atoms with Gasteiger partial charge in [0.15, 0.2) is 11.5 Å². The van der Waals surface area contributed by atoms with Gasteiger partial charge in [0.05, 0.1) is 12.0 Å². The molecule has 1 heterocycles. The van der Waals surface area contributed by atoms with Gasteiger partial charge in [-0.2, -0.15) is 18.3 Å². The number of ketones is 1. The Bertz CT molecular complexity index is 409. The fourth-order valence-corrected chi connectivity index (χ4v) is 1.18. The summed E-state index contributed by atoms with van der Waals surface area (Å²) in [4.78, 5) is 21.4. The summed E-state index contributed by atoms with van der Waals surface area (Å²) in [7, 11) is 0. The van der Waals surface area contributed by atoms with Crippen LogP contribution in [0.5, 0.6) is 0 Å². The van der Waals surface area contributed by atoms with Crippen LogP contribution in [0.15, 0.2) is 6.20 Å². The minimum Gasteiger partial charge on any atom is -0.303 e. The van der Waals surface area contributed by atoms with Gasteiger partial charge >= 0.3 is 6.18 Å². The van der Waals surface area contributed by atoms with E-state index in [1.54, 1.807) is 6.92 Å². The van der Waals surface area contributed by atoms with Crippen LogP contribution in [-0.4, -0.2) is 21.8 Å². The zero-order valence-corrected chi connectivity index (χ0v) is 8.41. The summed E-state index contributed by atoms with van der Waals surface area (Å²) in [5.41, 5.74) is -1.79. The van der Waals surface area contributed by atoms with Crippen LogP contribution < -0.4 is 0 Å². The molecule has 16 heavy (non-hydrogen) atoms. The van der Waals surface area contributed by atoms with Gasteiger partial charge in [-0.3, -0.25) is 9.48 Å². The Labute approximate surface area is 89.0 Å². The van der Waals surface area contributed by atoms with Crippen molar-refractivity contribution in [2.24, 2.45) is 0 Å². The van der Waals surface area contributed by atoms with Crippen molar-refractivity contribution < 1.29 is 22.8 Å². The predicted octanol–water partition coefficient (Wildman–Crippen LogP) is 1.69. The van der Waals surface area contributed by atoms with E-state index in [1.165, 1.54) is 0 Å². The van der Waals surface area contributed by atoms with E-state index < -0.39 is 29.6 Å². The number of aldehydes is 1. The molecule has 4 nitrogen and oxygen atoms in total. The first-order chi connectivity index (χ1) is 7.40. The van der Waals surface area contributed by atoms with Crippen molar-refractivity contribution in [2.75, 3.05) is 0 Å². The van der Waals surface area contributed by atoms with Gasteiger partial charge in [0.2, 0.25) is 0 Å². The van der Waals surface area contributed by atoms with Gasteiger partial charge in [-0.05, 0) is 6.92 Å². The third-order valence-corrected chi connectivity index (χ3v) is 1.92. The summed E-state index contributed by atoms with van der Waals surface area (Å²) < 4.78 is 38.5. The zero-order chi connectivity index (χ0) is 12.3. The number of alkyl halides is 3. The van der Waals surface area contributed by atoms with Crippen molar-refractivity contribution in [3.05, 3.63) is 17.5 Å². The van der Waals surface area contributed by atoms with Crippen LogP contribution in [0.4, 0.5) is 13.2 Å². The van der Waals surface area contributed by atoms with E-state index in [2.05, 4.69) is 5.10 Å². The second kappa shape index (κ2) is 4.46. The Balaban J connectivity index is 3.20. The number of rotatable bonds is 4. The first-order valence-electron chi connectivity index (χ1n) is 4.51. The SMILES string of the molecule is CCn1cc(C(=O)CC=O)c(C(F)(F)F)n1. The number of aryl methyl sites for hydroxylation is 1. The molecule has 0 aliphatic rings. The topological polar surface area (TPSA) is 52.0 Å². The van der Waals surface area contributed by atoms with Gasteiger partial charge in [0.1, 0.15) is 6.29 Å². The minimum atomic E-state index is -4.69. The summed E-state index contributed by atoms with van der Waals surface area (Å²) >= 11 is 0. The molecule has 0 spiro atoms. The van der Waals surface area contributed by atoms with E-state index in [-0.39, 0.29) is 12.8 Å². The Morgan fingerprint density at radius 1 is 1.56 bits per heavy atom. The lowest BCUT2D eigenvalue weighted by molar-refractivity contribution is -0.141. The second-order valence-electron chi connectivity index (χ2n) is 3.04. The van der Waals surface area contributed by atoms with E-state index in [0.29, 0.717) is 0 Å². The molecule has 0 atom stereocenters. The van der Waals surface area contributed by atoms with Gasteiger partial charge < -0.3 is 4.79 Å². The molecule has 88 valence electrons. The van der Waals surface area contributed by atoms with E-state index in [9.17, 15) is 22.8 Å². The fourth-order valence-electron chi connectivity index (χ4n) is 1.18. The summed E-state index contributed by atoms with van der Waals surface area (Å²) in [6, 6.07) is 0. The molecule has 0 unspecified atom stereocenters. The van der Waals surface area contributed by atoms with Gasteiger partial charge in [-0.25, -0.2) is 0 Å². The van der Waals surface area contributed by atoms with Crippen LogP contribution in [0.1, 0.15) is 29.4 Å². The average Bonchev–Trinajstić information content (AvgIpc) is 2.61. The van der Waals surface area contributed by atoms with Crippen LogP contribution in [0, 0.1) is 0 Å². The van der Waals surface area contributed by atoms with E-state index >= 15 is 0 Å². The van der Waals surface area contributed by atoms with Crippen LogP contribution in [0.25, 0.3) is 0 Å². The third kappa shape index (κ3) is 2.47. The van der Waals surface area contributed by atoms with Crippen LogP contribution in [0.2, 0.25) is 0 Å². The smallest absolute Gasteiger partial charge is 0.303 e. The van der Waals surface area contributed by atoms with E-state index in [0.717, 1.165) is 10.9 Å². The molecule has 0 N–H and O–H groups in total. The molecule has 0 amide bonds. The predicted molar refractivity (Wildman–Crippen MR) is 47.9 cm³/mol. The molecule has 7 heteroatoms. The van der Waals surface area contributed by atoms with Crippen molar-refractivity contribution >= 4 is 12.1 Å². The van der Waals surface area contributed by atoms with Gasteiger partial charge in [0, 0.05) is 12.7 Å². The number of halogens is 3. The normalized spacial score (nSPS) is 11.5. The number of Topliss-reactive ketones (excluding diaryl/α,β-unsaturated/α-hetero) is 1. The molecular formula is C9H9F3N2O2. The lowest BCUT2D eigenvalue weighted by Gasteiger charge is -2.03. The third-order valence-electron chi connectivity index (χ3n) is 1.92. The maximum absolute atomic E-state index is 12.5. The first kappa shape index (κ1) is 12.4. The quantitative estimate of drug-likeness (QED) is 0.452. The van der Waals surface area contributed by atoms with E-state index in [1.807, 2.05) is 0 Å². The number of aromatic nitrogens is 2. The van der Waals surface area contributed by atoms with Crippen molar-refractivity contribution in [3.63, 3.8) is 0 Å². The molecule has 0 bridgehead atoms.